The number of aromatic nitrogens is 4. The van der Waals surface area contributed by atoms with Crippen LogP contribution in [0.4, 0.5) is 17.3 Å². The smallest absolute Gasteiger partial charge is 0.185 e. The molecular formula is C25H24N6O3. The molecule has 0 saturated carbocycles. The van der Waals surface area contributed by atoms with E-state index in [9.17, 15) is 0 Å². The molecule has 2 aliphatic heterocycles. The van der Waals surface area contributed by atoms with Gasteiger partial charge < -0.3 is 14.8 Å². The molecule has 4 aromatic rings. The first-order chi connectivity index (χ1) is 16.8. The van der Waals surface area contributed by atoms with Crippen molar-refractivity contribution < 1.29 is 14.3 Å². The molecule has 0 unspecified atom stereocenters. The lowest BCUT2D eigenvalue weighted by Gasteiger charge is -2.25. The lowest BCUT2D eigenvalue weighted by Crippen LogP contribution is -2.22. The minimum atomic E-state index is 0.103. The first-order valence-electron chi connectivity index (χ1n) is 11.2. The van der Waals surface area contributed by atoms with Gasteiger partial charge in [0.25, 0.3) is 0 Å². The number of nitrogens with zero attached hydrogens (tertiary/aromatic N) is 5. The van der Waals surface area contributed by atoms with E-state index in [4.69, 9.17) is 14.3 Å². The van der Waals surface area contributed by atoms with Crippen molar-refractivity contribution in [1.29, 1.82) is 0 Å². The molecule has 0 aliphatic carbocycles. The van der Waals surface area contributed by atoms with Gasteiger partial charge in [0.2, 0.25) is 0 Å². The van der Waals surface area contributed by atoms with Crippen molar-refractivity contribution >= 4 is 17.3 Å². The van der Waals surface area contributed by atoms with Gasteiger partial charge in [-0.05, 0) is 23.8 Å². The summed E-state index contributed by atoms with van der Waals surface area (Å²) in [7, 11) is 1.91. The van der Waals surface area contributed by atoms with Crippen molar-refractivity contribution in [1.82, 2.24) is 19.7 Å². The van der Waals surface area contributed by atoms with E-state index in [1.54, 1.807) is 6.20 Å². The summed E-state index contributed by atoms with van der Waals surface area (Å²) in [5, 5.41) is 9.52. The highest BCUT2D eigenvalue weighted by Gasteiger charge is 2.29. The monoisotopic (exact) mass is 456 g/mol. The van der Waals surface area contributed by atoms with Gasteiger partial charge in [0, 0.05) is 31.3 Å². The molecule has 0 bridgehead atoms. The van der Waals surface area contributed by atoms with E-state index >= 15 is 0 Å². The Balaban J connectivity index is 1.31. The Morgan fingerprint density at radius 2 is 1.79 bits per heavy atom. The van der Waals surface area contributed by atoms with Crippen molar-refractivity contribution in [3.05, 3.63) is 72.7 Å². The number of nitrogens with one attached hydrogen (secondary N) is 1. The molecular weight excluding hydrogens is 432 g/mol. The van der Waals surface area contributed by atoms with Gasteiger partial charge in [-0.3, -0.25) is 9.52 Å². The highest BCUT2D eigenvalue weighted by atomic mass is 16.7. The highest BCUT2D eigenvalue weighted by molar-refractivity contribution is 5.80. The predicted molar refractivity (Wildman–Crippen MR) is 127 cm³/mol. The summed E-state index contributed by atoms with van der Waals surface area (Å²) in [6, 6.07) is 18.2. The third kappa shape index (κ3) is 3.69. The van der Waals surface area contributed by atoms with Crippen molar-refractivity contribution in [2.75, 3.05) is 30.2 Å². The van der Waals surface area contributed by atoms with Gasteiger partial charge in [0.15, 0.2) is 17.3 Å². The lowest BCUT2D eigenvalue weighted by molar-refractivity contribution is 0.157. The fraction of sp³-hybridized carbons (Fsp3) is 0.240. The normalized spacial score (nSPS) is 17.1. The van der Waals surface area contributed by atoms with Crippen LogP contribution in [0.5, 0.6) is 11.5 Å². The summed E-state index contributed by atoms with van der Waals surface area (Å²) < 4.78 is 13.8. The standard InChI is InChI=1S/C25H24N6O3/c1-30-21(9-11-28-30)18-7-8-19(25-24(18)32-13-14-33-25)29-22-15-23(27-16-26-22)31-20(10-12-34-31)17-5-3-2-4-6-17/h2-9,11,15-16,20H,10,12-14H2,1H3,(H,26,27,29)/t20-/m1/s1. The number of hydrogen-bond donors (Lipinski definition) is 1. The fourth-order valence-electron chi connectivity index (χ4n) is 4.42. The van der Waals surface area contributed by atoms with Crippen LogP contribution in [-0.4, -0.2) is 39.6 Å². The van der Waals surface area contributed by atoms with Crippen LogP contribution in [0.25, 0.3) is 11.3 Å². The number of rotatable bonds is 5. The van der Waals surface area contributed by atoms with Gasteiger partial charge in [0.05, 0.1) is 24.0 Å². The first-order valence-corrected chi connectivity index (χ1v) is 11.2. The molecule has 34 heavy (non-hydrogen) atoms. The maximum Gasteiger partial charge on any atom is 0.185 e. The van der Waals surface area contributed by atoms with E-state index in [-0.39, 0.29) is 6.04 Å². The number of fused-ring (bicyclic) bond motifs is 1. The summed E-state index contributed by atoms with van der Waals surface area (Å²) in [6.07, 6.45) is 4.20. The van der Waals surface area contributed by atoms with Crippen LogP contribution < -0.4 is 19.9 Å². The van der Waals surface area contributed by atoms with E-state index < -0.39 is 0 Å². The van der Waals surface area contributed by atoms with Crippen molar-refractivity contribution in [2.24, 2.45) is 7.05 Å². The number of hydrogen-bond acceptors (Lipinski definition) is 8. The third-order valence-corrected chi connectivity index (χ3v) is 6.02. The number of anilines is 3. The van der Waals surface area contributed by atoms with Gasteiger partial charge >= 0.3 is 0 Å². The Bertz CT molecular complexity index is 1310. The van der Waals surface area contributed by atoms with Crippen LogP contribution in [0.3, 0.4) is 0 Å². The van der Waals surface area contributed by atoms with E-state index in [1.165, 1.54) is 11.9 Å². The Hall–Kier alpha value is -4.11. The summed E-state index contributed by atoms with van der Waals surface area (Å²) in [6.45, 7) is 1.61. The Morgan fingerprint density at radius 1 is 0.941 bits per heavy atom. The molecule has 1 saturated heterocycles. The number of hydroxylamine groups is 1. The first kappa shape index (κ1) is 20.5. The van der Waals surface area contributed by atoms with Gasteiger partial charge in [0.1, 0.15) is 25.4 Å². The molecule has 4 heterocycles. The minimum Gasteiger partial charge on any atom is -0.485 e. The van der Waals surface area contributed by atoms with E-state index in [0.29, 0.717) is 43.0 Å². The summed E-state index contributed by atoms with van der Waals surface area (Å²) in [4.78, 5) is 14.8. The quantitative estimate of drug-likeness (QED) is 0.476. The highest BCUT2D eigenvalue weighted by Crippen LogP contribution is 2.45. The molecule has 6 rings (SSSR count). The largest absolute Gasteiger partial charge is 0.485 e. The van der Waals surface area contributed by atoms with Crippen LogP contribution >= 0.6 is 0 Å². The number of aryl methyl sites for hydroxylation is 1. The van der Waals surface area contributed by atoms with E-state index in [2.05, 4.69) is 32.5 Å². The molecule has 2 aromatic carbocycles. The Kier molecular flexibility index (Phi) is 5.23. The molecule has 1 N–H and O–H groups in total. The molecule has 0 amide bonds. The second-order valence-corrected chi connectivity index (χ2v) is 8.12. The Morgan fingerprint density at radius 3 is 2.62 bits per heavy atom. The van der Waals surface area contributed by atoms with Gasteiger partial charge in [-0.25, -0.2) is 15.0 Å². The van der Waals surface area contributed by atoms with Crippen LogP contribution in [0, 0.1) is 0 Å². The molecule has 2 aromatic heterocycles. The zero-order valence-corrected chi connectivity index (χ0v) is 18.7. The second-order valence-electron chi connectivity index (χ2n) is 8.12. The maximum absolute atomic E-state index is 6.01. The lowest BCUT2D eigenvalue weighted by atomic mass is 10.0. The number of benzene rings is 2. The maximum atomic E-state index is 6.01. The number of ether oxygens (including phenoxy) is 2. The summed E-state index contributed by atoms with van der Waals surface area (Å²) in [5.41, 5.74) is 3.85. The topological polar surface area (TPSA) is 86.6 Å². The van der Waals surface area contributed by atoms with Crippen LogP contribution in [0.1, 0.15) is 18.0 Å². The molecule has 0 radical (unpaired) electrons. The zero-order chi connectivity index (χ0) is 22.9. The Labute approximate surface area is 196 Å². The summed E-state index contributed by atoms with van der Waals surface area (Å²) >= 11 is 0. The fourth-order valence-corrected chi connectivity index (χ4v) is 4.42. The molecule has 1 fully saturated rings. The van der Waals surface area contributed by atoms with Crippen LogP contribution in [-0.2, 0) is 11.9 Å². The van der Waals surface area contributed by atoms with Gasteiger partial charge in [-0.2, -0.15) is 5.10 Å². The van der Waals surface area contributed by atoms with Gasteiger partial charge in [-0.15, -0.1) is 0 Å². The second kappa shape index (κ2) is 8.68. The van der Waals surface area contributed by atoms with Crippen molar-refractivity contribution in [3.63, 3.8) is 0 Å². The zero-order valence-electron chi connectivity index (χ0n) is 18.7. The summed E-state index contributed by atoms with van der Waals surface area (Å²) in [5.74, 6) is 2.68. The van der Waals surface area contributed by atoms with Crippen molar-refractivity contribution in [2.45, 2.75) is 12.5 Å². The minimum absolute atomic E-state index is 0.103. The molecule has 9 nitrogen and oxygen atoms in total. The average molecular weight is 457 g/mol. The average Bonchev–Trinajstić information content (AvgIpc) is 3.54. The SMILES string of the molecule is Cn1nccc1-c1ccc(Nc2cc(N3OCC[C@@H]3c3ccccc3)ncn2)c2c1OCCO2. The van der Waals surface area contributed by atoms with Crippen molar-refractivity contribution in [3.8, 4) is 22.8 Å². The molecule has 0 spiro atoms. The van der Waals surface area contributed by atoms with Crippen LogP contribution in [0.15, 0.2) is 67.1 Å². The van der Waals surface area contributed by atoms with E-state index in [1.807, 2.05) is 59.3 Å². The molecule has 9 heteroatoms. The van der Waals surface area contributed by atoms with E-state index in [0.717, 1.165) is 23.4 Å². The van der Waals surface area contributed by atoms with Crippen LogP contribution in [0.2, 0.25) is 0 Å². The third-order valence-electron chi connectivity index (χ3n) is 6.02. The molecule has 172 valence electrons. The molecule has 2 aliphatic rings. The van der Waals surface area contributed by atoms with Gasteiger partial charge in [-0.1, -0.05) is 30.3 Å². The predicted octanol–water partition coefficient (Wildman–Crippen LogP) is 4.27. The molecule has 1 atom stereocenters.